The molecule has 17 heavy (non-hydrogen) atoms. The zero-order valence-corrected chi connectivity index (χ0v) is 9.07. The van der Waals surface area contributed by atoms with E-state index in [4.69, 9.17) is 24.4 Å². The second kappa shape index (κ2) is 4.99. The van der Waals surface area contributed by atoms with E-state index in [0.717, 1.165) is 0 Å². The number of ether oxygens (including phenoxy) is 3. The largest absolute Gasteiger partial charge is 0.481 e. The average molecular weight is 246 g/mol. The number of fused-ring (bicyclic) bond motifs is 1. The number of carboxylic acid groups (broad SMARTS) is 1. The first kappa shape index (κ1) is 12.3. The number of carboxylic acids is 1. The Kier molecular flexibility index (Phi) is 3.60. The van der Waals surface area contributed by atoms with Crippen LogP contribution < -0.4 is 0 Å². The van der Waals surface area contributed by atoms with Crippen molar-refractivity contribution in [2.75, 3.05) is 19.8 Å². The van der Waals surface area contributed by atoms with Gasteiger partial charge < -0.3 is 24.4 Å². The van der Waals surface area contributed by atoms with Gasteiger partial charge in [0.1, 0.15) is 12.5 Å². The van der Waals surface area contributed by atoms with E-state index in [1.54, 1.807) is 0 Å². The van der Waals surface area contributed by atoms with Crippen molar-refractivity contribution in [1.82, 2.24) is 0 Å². The van der Waals surface area contributed by atoms with Crippen LogP contribution in [0.15, 0.2) is 0 Å². The fourth-order valence-electron chi connectivity index (χ4n) is 2.13. The smallest absolute Gasteiger partial charge is 0.317 e. The minimum atomic E-state index is -1.23. The molecule has 2 fully saturated rings. The van der Waals surface area contributed by atoms with E-state index in [0.29, 0.717) is 6.61 Å². The third-order valence-corrected chi connectivity index (χ3v) is 2.92. The number of aliphatic hydroxyl groups is 1. The molecule has 0 aliphatic carbocycles. The molecule has 7 heteroatoms. The number of esters is 1. The number of aliphatic carboxylic acids is 1. The van der Waals surface area contributed by atoms with Gasteiger partial charge in [-0.2, -0.15) is 0 Å². The van der Waals surface area contributed by atoms with Crippen LogP contribution in [0.1, 0.15) is 6.42 Å². The number of carbonyl (C=O) groups excluding carboxylic acids is 1. The lowest BCUT2D eigenvalue weighted by Gasteiger charge is -2.16. The van der Waals surface area contributed by atoms with E-state index in [2.05, 4.69) is 0 Å². The molecule has 0 saturated carbocycles. The number of hydrogen-bond donors (Lipinski definition) is 2. The van der Waals surface area contributed by atoms with Crippen molar-refractivity contribution >= 4 is 11.9 Å². The zero-order chi connectivity index (χ0) is 12.4. The van der Waals surface area contributed by atoms with Crippen LogP contribution in [0.3, 0.4) is 0 Å². The molecule has 2 heterocycles. The van der Waals surface area contributed by atoms with Gasteiger partial charge in [0, 0.05) is 5.92 Å². The number of aliphatic hydroxyl groups excluding tert-OH is 1. The minimum absolute atomic E-state index is 0.0447. The van der Waals surface area contributed by atoms with Gasteiger partial charge in [0.15, 0.2) is 6.10 Å². The molecule has 7 nitrogen and oxygen atoms in total. The fraction of sp³-hybridized carbons (Fsp3) is 0.800. The summed E-state index contributed by atoms with van der Waals surface area (Å²) in [4.78, 5) is 21.5. The lowest BCUT2D eigenvalue weighted by Crippen LogP contribution is -2.34. The van der Waals surface area contributed by atoms with Gasteiger partial charge in [-0.25, -0.2) is 0 Å². The van der Waals surface area contributed by atoms with Crippen molar-refractivity contribution < 1.29 is 34.0 Å². The van der Waals surface area contributed by atoms with Crippen molar-refractivity contribution in [2.24, 2.45) is 5.92 Å². The summed E-state index contributed by atoms with van der Waals surface area (Å²) < 4.78 is 15.8. The first-order valence-corrected chi connectivity index (χ1v) is 5.37. The predicted molar refractivity (Wildman–Crippen MR) is 52.2 cm³/mol. The Labute approximate surface area is 97.3 Å². The highest BCUT2D eigenvalue weighted by molar-refractivity contribution is 5.90. The highest BCUT2D eigenvalue weighted by Gasteiger charge is 2.49. The summed E-state index contributed by atoms with van der Waals surface area (Å²) >= 11 is 0. The van der Waals surface area contributed by atoms with E-state index in [-0.39, 0.29) is 25.2 Å². The van der Waals surface area contributed by atoms with Crippen molar-refractivity contribution in [2.45, 2.75) is 24.7 Å². The summed E-state index contributed by atoms with van der Waals surface area (Å²) in [6.45, 7) is 0.493. The Balaban J connectivity index is 1.88. The van der Waals surface area contributed by atoms with Crippen molar-refractivity contribution in [3.05, 3.63) is 0 Å². The minimum Gasteiger partial charge on any atom is -0.481 e. The molecule has 0 bridgehead atoms. The molecule has 4 atom stereocenters. The molecule has 0 amide bonds. The molecule has 0 aromatic carbocycles. The average Bonchev–Trinajstić information content (AvgIpc) is 2.79. The first-order valence-electron chi connectivity index (χ1n) is 5.37. The monoisotopic (exact) mass is 246 g/mol. The normalized spacial score (nSPS) is 35.6. The Hall–Kier alpha value is -1.18. The summed E-state index contributed by atoms with van der Waals surface area (Å²) in [6, 6.07) is 0. The van der Waals surface area contributed by atoms with Gasteiger partial charge in [-0.3, -0.25) is 9.59 Å². The standard InChI is InChI=1S/C10H14O7/c11-2-5-3-15-10-6(4-16-9(5)10)17-8(14)1-7(12)13/h5-6,9-11H,1-4H2,(H,12,13). The summed E-state index contributed by atoms with van der Waals surface area (Å²) in [7, 11) is 0. The number of hydrogen-bond acceptors (Lipinski definition) is 6. The molecule has 2 rings (SSSR count). The van der Waals surface area contributed by atoms with Crippen LogP contribution >= 0.6 is 0 Å². The van der Waals surface area contributed by atoms with E-state index in [1.165, 1.54) is 0 Å². The maximum absolute atomic E-state index is 11.2. The second-order valence-electron chi connectivity index (χ2n) is 4.14. The lowest BCUT2D eigenvalue weighted by atomic mass is 10.0. The molecule has 96 valence electrons. The van der Waals surface area contributed by atoms with Crippen LogP contribution in [0, 0.1) is 5.92 Å². The quantitative estimate of drug-likeness (QED) is 0.473. The van der Waals surface area contributed by atoms with Gasteiger partial charge in [-0.05, 0) is 0 Å². The topological polar surface area (TPSA) is 102 Å². The molecule has 0 aromatic heterocycles. The fourth-order valence-corrected chi connectivity index (χ4v) is 2.13. The Morgan fingerprint density at radius 3 is 2.59 bits per heavy atom. The maximum Gasteiger partial charge on any atom is 0.317 e. The Bertz CT molecular complexity index is 316. The zero-order valence-electron chi connectivity index (χ0n) is 9.07. The maximum atomic E-state index is 11.2. The van der Waals surface area contributed by atoms with Crippen molar-refractivity contribution in [3.8, 4) is 0 Å². The molecule has 0 spiro atoms. The molecule has 2 aliphatic rings. The van der Waals surface area contributed by atoms with Gasteiger partial charge in [0.25, 0.3) is 0 Å². The highest BCUT2D eigenvalue weighted by atomic mass is 16.6. The van der Waals surface area contributed by atoms with Crippen LogP contribution in [-0.4, -0.2) is 60.3 Å². The van der Waals surface area contributed by atoms with Crippen LogP contribution in [0.25, 0.3) is 0 Å². The number of rotatable bonds is 4. The van der Waals surface area contributed by atoms with Gasteiger partial charge in [0.05, 0.1) is 25.9 Å². The third kappa shape index (κ3) is 2.56. The summed E-state index contributed by atoms with van der Waals surface area (Å²) in [6.07, 6.45) is -1.92. The van der Waals surface area contributed by atoms with Gasteiger partial charge in [-0.15, -0.1) is 0 Å². The molecule has 2 N–H and O–H groups in total. The SMILES string of the molecule is O=C(O)CC(=O)OC1COC2C(CO)COC12. The van der Waals surface area contributed by atoms with Gasteiger partial charge in [-0.1, -0.05) is 0 Å². The van der Waals surface area contributed by atoms with E-state index in [9.17, 15) is 9.59 Å². The summed E-state index contributed by atoms with van der Waals surface area (Å²) in [5.74, 6) is -2.14. The van der Waals surface area contributed by atoms with Crippen LogP contribution in [-0.2, 0) is 23.8 Å². The van der Waals surface area contributed by atoms with Crippen molar-refractivity contribution in [1.29, 1.82) is 0 Å². The molecular formula is C10H14O7. The molecular weight excluding hydrogens is 232 g/mol. The molecule has 2 aliphatic heterocycles. The lowest BCUT2D eigenvalue weighted by molar-refractivity contribution is -0.158. The molecule has 4 unspecified atom stereocenters. The second-order valence-corrected chi connectivity index (χ2v) is 4.14. The van der Waals surface area contributed by atoms with Crippen LogP contribution in [0.4, 0.5) is 0 Å². The van der Waals surface area contributed by atoms with Crippen LogP contribution in [0.2, 0.25) is 0 Å². The first-order chi connectivity index (χ1) is 8.11. The van der Waals surface area contributed by atoms with Gasteiger partial charge in [0.2, 0.25) is 0 Å². The summed E-state index contributed by atoms with van der Waals surface area (Å²) in [5.41, 5.74) is 0. The molecule has 0 aromatic rings. The van der Waals surface area contributed by atoms with E-state index >= 15 is 0 Å². The molecule has 0 radical (unpaired) electrons. The summed E-state index contributed by atoms with van der Waals surface area (Å²) in [5, 5.41) is 17.5. The van der Waals surface area contributed by atoms with Crippen LogP contribution in [0.5, 0.6) is 0 Å². The number of carbonyl (C=O) groups is 2. The van der Waals surface area contributed by atoms with Crippen molar-refractivity contribution in [3.63, 3.8) is 0 Å². The Morgan fingerprint density at radius 1 is 1.24 bits per heavy atom. The van der Waals surface area contributed by atoms with E-state index in [1.807, 2.05) is 0 Å². The molecule has 2 saturated heterocycles. The third-order valence-electron chi connectivity index (χ3n) is 2.92. The van der Waals surface area contributed by atoms with Gasteiger partial charge >= 0.3 is 11.9 Å². The predicted octanol–water partition coefficient (Wildman–Crippen LogP) is -1.22. The highest BCUT2D eigenvalue weighted by Crippen LogP contribution is 2.32. The Morgan fingerprint density at radius 2 is 1.94 bits per heavy atom. The van der Waals surface area contributed by atoms with E-state index < -0.39 is 30.6 Å².